The lowest BCUT2D eigenvalue weighted by molar-refractivity contribution is -0.00662. The van der Waals surface area contributed by atoms with Gasteiger partial charge in [-0.25, -0.2) is 0 Å². The van der Waals surface area contributed by atoms with Crippen LogP contribution in [0.1, 0.15) is 19.8 Å². The molecule has 0 amide bonds. The van der Waals surface area contributed by atoms with Gasteiger partial charge in [-0.15, -0.1) is 0 Å². The molecule has 3 nitrogen and oxygen atoms in total. The summed E-state index contributed by atoms with van der Waals surface area (Å²) in [4.78, 5) is 2.55. The molecule has 1 rings (SSSR count). The van der Waals surface area contributed by atoms with Crippen molar-refractivity contribution >= 4 is 0 Å². The second kappa shape index (κ2) is 6.35. The molecule has 1 heterocycles. The molecule has 0 aliphatic carbocycles. The van der Waals surface area contributed by atoms with E-state index in [2.05, 4.69) is 17.1 Å². The second-order valence-electron chi connectivity index (χ2n) is 3.68. The van der Waals surface area contributed by atoms with E-state index in [1.54, 1.807) is 0 Å². The molecule has 1 aliphatic heterocycles. The van der Waals surface area contributed by atoms with Crippen molar-refractivity contribution in [3.8, 4) is 0 Å². The van der Waals surface area contributed by atoms with E-state index < -0.39 is 0 Å². The van der Waals surface area contributed by atoms with Gasteiger partial charge in [0.05, 0.1) is 13.2 Å². The molecule has 0 aromatic heterocycles. The van der Waals surface area contributed by atoms with Crippen LogP contribution < -0.4 is 5.32 Å². The molecule has 0 radical (unpaired) electrons. The molecule has 1 saturated heterocycles. The van der Waals surface area contributed by atoms with E-state index in [0.717, 1.165) is 26.3 Å². The van der Waals surface area contributed by atoms with Gasteiger partial charge < -0.3 is 10.1 Å². The zero-order chi connectivity index (χ0) is 9.52. The van der Waals surface area contributed by atoms with Crippen molar-refractivity contribution in [1.29, 1.82) is 0 Å². The van der Waals surface area contributed by atoms with Gasteiger partial charge >= 0.3 is 0 Å². The first-order valence-corrected chi connectivity index (χ1v) is 5.35. The number of unbranched alkanes of at least 4 members (excludes halogenated alkanes) is 1. The number of likely N-dealkylation sites (N-methyl/N-ethyl adjacent to an activating group) is 1. The van der Waals surface area contributed by atoms with Gasteiger partial charge in [-0.05, 0) is 20.0 Å². The first-order chi connectivity index (χ1) is 6.38. The molecular formula is C10H22N2O. The average Bonchev–Trinajstić information content (AvgIpc) is 2.17. The zero-order valence-electron chi connectivity index (χ0n) is 8.88. The third kappa shape index (κ3) is 3.63. The van der Waals surface area contributed by atoms with E-state index >= 15 is 0 Å². The number of morpholine rings is 1. The molecule has 0 aromatic carbocycles. The molecule has 0 saturated carbocycles. The average molecular weight is 186 g/mol. The maximum Gasteiger partial charge on any atom is 0.0634 e. The number of hydrogen-bond donors (Lipinski definition) is 1. The molecule has 1 fully saturated rings. The van der Waals surface area contributed by atoms with Crippen molar-refractivity contribution in [3.63, 3.8) is 0 Å². The number of hydrogen-bond acceptors (Lipinski definition) is 3. The summed E-state index contributed by atoms with van der Waals surface area (Å²) in [6.45, 7) is 7.42. The highest BCUT2D eigenvalue weighted by molar-refractivity contribution is 4.76. The van der Waals surface area contributed by atoms with Crippen LogP contribution in [-0.2, 0) is 4.74 Å². The Balaban J connectivity index is 2.28. The van der Waals surface area contributed by atoms with Crippen molar-refractivity contribution in [2.24, 2.45) is 0 Å². The Morgan fingerprint density at radius 2 is 2.38 bits per heavy atom. The van der Waals surface area contributed by atoms with E-state index in [4.69, 9.17) is 4.74 Å². The van der Waals surface area contributed by atoms with Crippen molar-refractivity contribution in [2.75, 3.05) is 39.9 Å². The maximum absolute atomic E-state index is 5.46. The monoisotopic (exact) mass is 186 g/mol. The van der Waals surface area contributed by atoms with Crippen LogP contribution in [0.25, 0.3) is 0 Å². The van der Waals surface area contributed by atoms with Crippen LogP contribution in [0.4, 0.5) is 0 Å². The molecule has 1 unspecified atom stereocenters. The summed E-state index contributed by atoms with van der Waals surface area (Å²) in [6, 6.07) is 0.588. The molecule has 0 bridgehead atoms. The Morgan fingerprint density at radius 1 is 1.54 bits per heavy atom. The van der Waals surface area contributed by atoms with E-state index in [-0.39, 0.29) is 0 Å². The molecular weight excluding hydrogens is 164 g/mol. The smallest absolute Gasteiger partial charge is 0.0634 e. The predicted molar refractivity (Wildman–Crippen MR) is 55.0 cm³/mol. The van der Waals surface area contributed by atoms with Crippen LogP contribution in [0.2, 0.25) is 0 Å². The van der Waals surface area contributed by atoms with Gasteiger partial charge in [0.1, 0.15) is 0 Å². The van der Waals surface area contributed by atoms with Crippen molar-refractivity contribution in [3.05, 3.63) is 0 Å². The van der Waals surface area contributed by atoms with Crippen LogP contribution >= 0.6 is 0 Å². The largest absolute Gasteiger partial charge is 0.378 e. The third-order valence-electron chi connectivity index (χ3n) is 2.59. The quantitative estimate of drug-likeness (QED) is 0.684. The van der Waals surface area contributed by atoms with Crippen LogP contribution in [0.3, 0.4) is 0 Å². The highest BCUT2D eigenvalue weighted by Gasteiger charge is 2.21. The van der Waals surface area contributed by atoms with Crippen LogP contribution in [-0.4, -0.2) is 50.8 Å². The molecule has 78 valence electrons. The van der Waals surface area contributed by atoms with Crippen molar-refractivity contribution in [2.45, 2.75) is 25.8 Å². The normalized spacial score (nSPS) is 24.9. The Hall–Kier alpha value is -0.120. The highest BCUT2D eigenvalue weighted by Crippen LogP contribution is 2.07. The van der Waals surface area contributed by atoms with Gasteiger partial charge in [0.15, 0.2) is 0 Å². The number of nitrogens with one attached hydrogen (secondary N) is 1. The SMILES string of the molecule is CCCCN1CCOCC1CNC. The molecule has 1 N–H and O–H groups in total. The lowest BCUT2D eigenvalue weighted by Gasteiger charge is -2.35. The van der Waals surface area contributed by atoms with E-state index in [9.17, 15) is 0 Å². The topological polar surface area (TPSA) is 24.5 Å². The van der Waals surface area contributed by atoms with Crippen molar-refractivity contribution in [1.82, 2.24) is 10.2 Å². The number of nitrogens with zero attached hydrogens (tertiary/aromatic N) is 1. The van der Waals surface area contributed by atoms with Gasteiger partial charge in [0.2, 0.25) is 0 Å². The lowest BCUT2D eigenvalue weighted by atomic mass is 10.2. The summed E-state index contributed by atoms with van der Waals surface area (Å²) in [5.74, 6) is 0. The minimum absolute atomic E-state index is 0.588. The number of ether oxygens (including phenoxy) is 1. The van der Waals surface area contributed by atoms with Gasteiger partial charge in [-0.1, -0.05) is 13.3 Å². The standard InChI is InChI=1S/C10H22N2O/c1-3-4-5-12-6-7-13-9-10(12)8-11-2/h10-11H,3-9H2,1-2H3. The molecule has 1 atom stereocenters. The van der Waals surface area contributed by atoms with Gasteiger partial charge in [-0.3, -0.25) is 4.90 Å². The van der Waals surface area contributed by atoms with Crippen LogP contribution in [0.15, 0.2) is 0 Å². The molecule has 0 spiro atoms. The van der Waals surface area contributed by atoms with Crippen molar-refractivity contribution < 1.29 is 4.74 Å². The maximum atomic E-state index is 5.46. The Kier molecular flexibility index (Phi) is 5.35. The molecule has 0 aromatic rings. The van der Waals surface area contributed by atoms with E-state index in [1.165, 1.54) is 19.4 Å². The van der Waals surface area contributed by atoms with Gasteiger partial charge in [0.25, 0.3) is 0 Å². The Morgan fingerprint density at radius 3 is 3.08 bits per heavy atom. The zero-order valence-corrected chi connectivity index (χ0v) is 8.88. The summed E-state index contributed by atoms with van der Waals surface area (Å²) in [5.41, 5.74) is 0. The first-order valence-electron chi connectivity index (χ1n) is 5.35. The summed E-state index contributed by atoms with van der Waals surface area (Å²) < 4.78 is 5.46. The summed E-state index contributed by atoms with van der Waals surface area (Å²) in [7, 11) is 2.01. The van der Waals surface area contributed by atoms with E-state index in [0.29, 0.717) is 6.04 Å². The second-order valence-corrected chi connectivity index (χ2v) is 3.68. The Labute approximate surface area is 81.4 Å². The fourth-order valence-electron chi connectivity index (χ4n) is 1.77. The molecule has 3 heteroatoms. The van der Waals surface area contributed by atoms with E-state index in [1.807, 2.05) is 7.05 Å². The molecule has 1 aliphatic rings. The summed E-state index contributed by atoms with van der Waals surface area (Å²) in [5, 5.41) is 3.22. The van der Waals surface area contributed by atoms with Crippen LogP contribution in [0, 0.1) is 0 Å². The fraction of sp³-hybridized carbons (Fsp3) is 1.00. The minimum Gasteiger partial charge on any atom is -0.378 e. The fourth-order valence-corrected chi connectivity index (χ4v) is 1.77. The first kappa shape index (κ1) is 11.0. The van der Waals surface area contributed by atoms with Crippen LogP contribution in [0.5, 0.6) is 0 Å². The van der Waals surface area contributed by atoms with Gasteiger partial charge in [-0.2, -0.15) is 0 Å². The minimum atomic E-state index is 0.588. The molecule has 13 heavy (non-hydrogen) atoms. The summed E-state index contributed by atoms with van der Waals surface area (Å²) >= 11 is 0. The van der Waals surface area contributed by atoms with Gasteiger partial charge in [0, 0.05) is 19.1 Å². The lowest BCUT2D eigenvalue weighted by Crippen LogP contribution is -2.50. The highest BCUT2D eigenvalue weighted by atomic mass is 16.5. The predicted octanol–water partition coefficient (Wildman–Crippen LogP) is 0.707. The Bertz CT molecular complexity index is 128. The summed E-state index contributed by atoms with van der Waals surface area (Å²) in [6.07, 6.45) is 2.59. The number of rotatable bonds is 5. The third-order valence-corrected chi connectivity index (χ3v) is 2.59.